The van der Waals surface area contributed by atoms with E-state index in [0.29, 0.717) is 18.1 Å². The van der Waals surface area contributed by atoms with Crippen molar-refractivity contribution in [2.45, 2.75) is 25.4 Å². The van der Waals surface area contributed by atoms with Crippen LogP contribution in [0, 0.1) is 0 Å². The number of likely N-dealkylation sites (N-methyl/N-ethyl adjacent to an activating group) is 1. The number of hydrogen-bond acceptors (Lipinski definition) is 7. The van der Waals surface area contributed by atoms with Crippen molar-refractivity contribution in [2.75, 3.05) is 20.2 Å². The van der Waals surface area contributed by atoms with Crippen LogP contribution < -0.4 is 16.0 Å². The summed E-state index contributed by atoms with van der Waals surface area (Å²) in [6.07, 6.45) is -10.2. The molecule has 41 heavy (non-hydrogen) atoms. The van der Waals surface area contributed by atoms with Gasteiger partial charge in [-0.15, -0.1) is 0 Å². The predicted octanol–water partition coefficient (Wildman–Crippen LogP) is 3.67. The summed E-state index contributed by atoms with van der Waals surface area (Å²) >= 11 is 0. The third-order valence-corrected chi connectivity index (χ3v) is 4.65. The van der Waals surface area contributed by atoms with Gasteiger partial charge in [-0.3, -0.25) is 9.69 Å². The van der Waals surface area contributed by atoms with E-state index in [9.17, 15) is 31.1 Å². The Hall–Kier alpha value is -4.44. The molecule has 5 N–H and O–H groups in total. The van der Waals surface area contributed by atoms with Crippen molar-refractivity contribution >= 4 is 11.9 Å². The van der Waals surface area contributed by atoms with Gasteiger partial charge in [0.2, 0.25) is 0 Å². The number of rotatable bonds is 8. The van der Waals surface area contributed by atoms with Crippen molar-refractivity contribution in [1.82, 2.24) is 14.9 Å². The molecule has 0 bridgehead atoms. The Balaban J connectivity index is 0.000000497. The fraction of sp³-hybridized carbons (Fsp3) is 0.280. The Labute approximate surface area is 229 Å². The van der Waals surface area contributed by atoms with Gasteiger partial charge < -0.3 is 25.7 Å². The van der Waals surface area contributed by atoms with E-state index in [2.05, 4.69) is 21.9 Å². The first-order chi connectivity index (χ1) is 19.0. The Morgan fingerprint density at radius 1 is 0.951 bits per heavy atom. The van der Waals surface area contributed by atoms with Gasteiger partial charge in [-0.05, 0) is 24.7 Å². The minimum Gasteiger partial charge on any atom is -0.492 e. The predicted molar refractivity (Wildman–Crippen MR) is 134 cm³/mol. The highest BCUT2D eigenvalue weighted by Gasteiger charge is 2.38. The van der Waals surface area contributed by atoms with Gasteiger partial charge in [0.1, 0.15) is 18.2 Å². The van der Waals surface area contributed by atoms with Crippen molar-refractivity contribution < 1.29 is 50.9 Å². The molecule has 0 aliphatic heterocycles. The summed E-state index contributed by atoms with van der Waals surface area (Å²) in [5.74, 6) is -4.09. The number of aliphatic carboxylic acids is 2. The summed E-state index contributed by atoms with van der Waals surface area (Å²) in [4.78, 5) is 38.8. The number of alkyl halides is 6. The largest absolute Gasteiger partial charge is 0.492 e. The van der Waals surface area contributed by atoms with Crippen LogP contribution in [0.3, 0.4) is 0 Å². The van der Waals surface area contributed by atoms with Gasteiger partial charge in [0.15, 0.2) is 0 Å². The lowest BCUT2D eigenvalue weighted by Crippen LogP contribution is -2.23. The Kier molecular flexibility index (Phi) is 13.5. The van der Waals surface area contributed by atoms with E-state index in [-0.39, 0.29) is 12.1 Å². The molecule has 10 nitrogen and oxygen atoms in total. The van der Waals surface area contributed by atoms with E-state index in [1.165, 1.54) is 11.6 Å². The number of halogens is 6. The highest BCUT2D eigenvalue weighted by atomic mass is 19.4. The fourth-order valence-electron chi connectivity index (χ4n) is 2.74. The molecule has 1 aromatic heterocycles. The standard InChI is InChI=1S/C21H24N4O2.2C2HF3O2/c1-25(11-12-27-19-5-3-2-4-6-19)15-16-7-9-17(10-8-16)21-23-18(14-22)13-20(26)24-21;2*3-2(4,5)1(6)7/h2-10,13H,11-12,14-15,22H2,1H3,(H,23,24,26);2*(H,6,7). The zero-order chi connectivity index (χ0) is 31.2. The average Bonchev–Trinajstić information content (AvgIpc) is 2.89. The number of nitrogens with one attached hydrogen (secondary N) is 1. The van der Waals surface area contributed by atoms with Gasteiger partial charge in [-0.25, -0.2) is 14.6 Å². The van der Waals surface area contributed by atoms with Crippen molar-refractivity contribution in [2.24, 2.45) is 5.73 Å². The van der Waals surface area contributed by atoms with Crippen molar-refractivity contribution in [3.63, 3.8) is 0 Å². The molecule has 0 fully saturated rings. The second-order valence-electron chi connectivity index (χ2n) is 7.99. The maximum Gasteiger partial charge on any atom is 0.490 e. The molecule has 0 spiro atoms. The lowest BCUT2D eigenvalue weighted by molar-refractivity contribution is -0.193. The van der Waals surface area contributed by atoms with E-state index in [1.54, 1.807) is 0 Å². The summed E-state index contributed by atoms with van der Waals surface area (Å²) in [6.45, 7) is 2.51. The molecule has 3 aromatic rings. The van der Waals surface area contributed by atoms with E-state index >= 15 is 0 Å². The van der Waals surface area contributed by atoms with Gasteiger partial charge in [0, 0.05) is 31.3 Å². The van der Waals surface area contributed by atoms with Crippen molar-refractivity contribution in [3.8, 4) is 17.1 Å². The zero-order valence-electron chi connectivity index (χ0n) is 21.4. The summed E-state index contributed by atoms with van der Waals surface area (Å²) in [7, 11) is 2.06. The number of ether oxygens (including phenoxy) is 1. The minimum absolute atomic E-state index is 0.192. The second kappa shape index (κ2) is 16.0. The summed E-state index contributed by atoms with van der Waals surface area (Å²) in [5, 5.41) is 14.2. The lowest BCUT2D eigenvalue weighted by atomic mass is 10.1. The maximum absolute atomic E-state index is 11.7. The van der Waals surface area contributed by atoms with Crippen LogP contribution in [0.15, 0.2) is 65.5 Å². The quantitative estimate of drug-likeness (QED) is 0.286. The van der Waals surface area contributed by atoms with Gasteiger partial charge in [-0.1, -0.05) is 42.5 Å². The first-order valence-corrected chi connectivity index (χ1v) is 11.4. The first kappa shape index (κ1) is 34.6. The van der Waals surface area contributed by atoms with Crippen LogP contribution in [0.1, 0.15) is 11.3 Å². The molecule has 0 aliphatic rings. The number of aromatic nitrogens is 2. The summed E-state index contributed by atoms with van der Waals surface area (Å²) in [6, 6.07) is 19.2. The molecule has 0 aliphatic carbocycles. The number of hydrogen-bond donors (Lipinski definition) is 4. The number of nitrogens with two attached hydrogens (primary N) is 1. The number of carbonyl (C=O) groups is 2. The van der Waals surface area contributed by atoms with E-state index in [0.717, 1.165) is 24.4 Å². The van der Waals surface area contributed by atoms with Crippen LogP contribution in [0.5, 0.6) is 5.75 Å². The molecule has 0 atom stereocenters. The molecule has 0 radical (unpaired) electrons. The van der Waals surface area contributed by atoms with Crippen LogP contribution >= 0.6 is 0 Å². The van der Waals surface area contributed by atoms with E-state index in [1.807, 2.05) is 54.6 Å². The molecule has 0 unspecified atom stereocenters. The van der Waals surface area contributed by atoms with Gasteiger partial charge >= 0.3 is 24.3 Å². The van der Waals surface area contributed by atoms with Crippen LogP contribution in [-0.2, 0) is 22.7 Å². The van der Waals surface area contributed by atoms with Gasteiger partial charge in [0.25, 0.3) is 5.56 Å². The monoisotopic (exact) mass is 592 g/mol. The molecule has 2 aromatic carbocycles. The van der Waals surface area contributed by atoms with Gasteiger partial charge in [-0.2, -0.15) is 26.3 Å². The normalized spacial score (nSPS) is 11.0. The number of carboxylic acid groups (broad SMARTS) is 2. The number of benzene rings is 2. The first-order valence-electron chi connectivity index (χ1n) is 11.4. The molecule has 0 saturated carbocycles. The number of para-hydroxylation sites is 1. The topological polar surface area (TPSA) is 159 Å². The molecule has 16 heteroatoms. The molecule has 0 saturated heterocycles. The fourth-order valence-corrected chi connectivity index (χ4v) is 2.74. The number of aromatic amines is 1. The number of H-pyrrole nitrogens is 1. The van der Waals surface area contributed by atoms with Gasteiger partial charge in [0.05, 0.1) is 5.69 Å². The van der Waals surface area contributed by atoms with Crippen LogP contribution in [0.2, 0.25) is 0 Å². The second-order valence-corrected chi connectivity index (χ2v) is 7.99. The lowest BCUT2D eigenvalue weighted by Gasteiger charge is -2.17. The molecule has 0 amide bonds. The van der Waals surface area contributed by atoms with E-state index < -0.39 is 24.3 Å². The van der Waals surface area contributed by atoms with Crippen molar-refractivity contribution in [3.05, 3.63) is 82.3 Å². The Morgan fingerprint density at radius 3 is 1.93 bits per heavy atom. The number of carboxylic acids is 2. The third kappa shape index (κ3) is 14.0. The average molecular weight is 592 g/mol. The Bertz CT molecular complexity index is 1270. The zero-order valence-corrected chi connectivity index (χ0v) is 21.4. The minimum atomic E-state index is -5.08. The van der Waals surface area contributed by atoms with Crippen LogP contribution in [0.4, 0.5) is 26.3 Å². The van der Waals surface area contributed by atoms with Crippen molar-refractivity contribution in [1.29, 1.82) is 0 Å². The molecule has 224 valence electrons. The van der Waals surface area contributed by atoms with Crippen LogP contribution in [0.25, 0.3) is 11.4 Å². The highest BCUT2D eigenvalue weighted by molar-refractivity contribution is 5.73. The summed E-state index contributed by atoms with van der Waals surface area (Å²) in [5.41, 5.74) is 8.02. The third-order valence-electron chi connectivity index (χ3n) is 4.65. The summed E-state index contributed by atoms with van der Waals surface area (Å²) < 4.78 is 69.2. The SMILES string of the molecule is CN(CCOc1ccccc1)Cc1ccc(-c2nc(CN)cc(=O)[nH]2)cc1.O=C(O)C(F)(F)F.O=C(O)C(F)(F)F. The van der Waals surface area contributed by atoms with E-state index in [4.69, 9.17) is 30.3 Å². The maximum atomic E-state index is 11.7. The van der Waals surface area contributed by atoms with Crippen LogP contribution in [-0.4, -0.2) is 69.6 Å². The molecular formula is C25H26F6N4O6. The molecular weight excluding hydrogens is 566 g/mol. The molecule has 1 heterocycles. The molecule has 3 rings (SSSR count). The highest BCUT2D eigenvalue weighted by Crippen LogP contribution is 2.16. The number of nitrogens with zero attached hydrogens (tertiary/aromatic N) is 2. The smallest absolute Gasteiger partial charge is 0.490 e. The Morgan fingerprint density at radius 2 is 1.46 bits per heavy atom.